The molecule has 0 amide bonds. The summed E-state index contributed by atoms with van der Waals surface area (Å²) in [7, 11) is 0. The van der Waals surface area contributed by atoms with E-state index in [1.165, 1.54) is 0 Å². The number of carboxylic acids is 1. The first-order chi connectivity index (χ1) is 8.32. The van der Waals surface area contributed by atoms with Crippen LogP contribution in [0.3, 0.4) is 0 Å². The highest BCUT2D eigenvalue weighted by Crippen LogP contribution is 2.22. The smallest absolute Gasteiger partial charge is 0.341 e. The Morgan fingerprint density at radius 3 is 2.39 bits per heavy atom. The van der Waals surface area contributed by atoms with Crippen molar-refractivity contribution in [2.24, 2.45) is 5.92 Å². The lowest BCUT2D eigenvalue weighted by atomic mass is 10.1. The number of nitrogens with zero attached hydrogens (tertiary/aromatic N) is 2. The van der Waals surface area contributed by atoms with Gasteiger partial charge in [0.15, 0.2) is 0 Å². The molecule has 5 nitrogen and oxygen atoms in total. The number of aryl methyl sites for hydroxylation is 1. The molecule has 0 aliphatic rings. The van der Waals surface area contributed by atoms with E-state index in [0.717, 1.165) is 6.42 Å². The number of carbonyl (C=O) groups is 1. The molecule has 1 unspecified atom stereocenters. The van der Waals surface area contributed by atoms with Crippen LogP contribution in [0.1, 0.15) is 48.8 Å². The number of ether oxygens (including phenoxy) is 1. The fraction of sp³-hybridized carbons (Fsp3) is 0.615. The number of hydrogen-bond acceptors (Lipinski definition) is 4. The molecule has 0 saturated carbocycles. The second kappa shape index (κ2) is 5.80. The lowest BCUT2D eigenvalue weighted by Crippen LogP contribution is -2.19. The van der Waals surface area contributed by atoms with Gasteiger partial charge in [-0.1, -0.05) is 13.8 Å². The molecule has 100 valence electrons. The van der Waals surface area contributed by atoms with E-state index in [1.54, 1.807) is 13.8 Å². The fourth-order valence-electron chi connectivity index (χ4n) is 1.82. The first kappa shape index (κ1) is 14.4. The zero-order valence-corrected chi connectivity index (χ0v) is 11.5. The molecule has 0 radical (unpaired) electrons. The third kappa shape index (κ3) is 3.42. The van der Waals surface area contributed by atoms with Crippen molar-refractivity contribution >= 4 is 5.97 Å². The van der Waals surface area contributed by atoms with E-state index in [2.05, 4.69) is 24.0 Å². The maximum atomic E-state index is 11.3. The van der Waals surface area contributed by atoms with Gasteiger partial charge in [0, 0.05) is 0 Å². The van der Waals surface area contributed by atoms with Gasteiger partial charge in [-0.25, -0.2) is 4.79 Å². The van der Waals surface area contributed by atoms with Crippen molar-refractivity contribution in [3.63, 3.8) is 0 Å². The minimum Gasteiger partial charge on any atom is -0.477 e. The normalized spacial score (nSPS) is 12.6. The van der Waals surface area contributed by atoms with Gasteiger partial charge in [0.25, 0.3) is 0 Å². The van der Waals surface area contributed by atoms with Crippen molar-refractivity contribution < 1.29 is 14.6 Å². The zero-order chi connectivity index (χ0) is 13.9. The van der Waals surface area contributed by atoms with Crippen molar-refractivity contribution in [2.45, 2.75) is 47.1 Å². The predicted octanol–water partition coefficient (Wildman–Crippen LogP) is 2.61. The Morgan fingerprint density at radius 2 is 1.89 bits per heavy atom. The van der Waals surface area contributed by atoms with Gasteiger partial charge in [-0.05, 0) is 38.7 Å². The molecular formula is C13H20N2O3. The quantitative estimate of drug-likeness (QED) is 0.872. The number of carboxylic acid groups (broad SMARTS) is 1. The SMILES string of the molecule is Cc1nnc(OC(C)CC(C)C)c(C(=O)O)c1C. The van der Waals surface area contributed by atoms with Crippen molar-refractivity contribution in [1.82, 2.24) is 10.2 Å². The molecule has 1 rings (SSSR count). The Balaban J connectivity index is 3.02. The van der Waals surface area contributed by atoms with E-state index >= 15 is 0 Å². The highest BCUT2D eigenvalue weighted by atomic mass is 16.5. The van der Waals surface area contributed by atoms with Crippen LogP contribution in [0.2, 0.25) is 0 Å². The minimum atomic E-state index is -1.03. The molecule has 1 atom stereocenters. The Hall–Kier alpha value is -1.65. The fourth-order valence-corrected chi connectivity index (χ4v) is 1.82. The molecule has 1 aromatic rings. The van der Waals surface area contributed by atoms with Crippen LogP contribution in [-0.4, -0.2) is 27.4 Å². The van der Waals surface area contributed by atoms with E-state index in [4.69, 9.17) is 4.74 Å². The molecule has 0 saturated heterocycles. The van der Waals surface area contributed by atoms with E-state index in [9.17, 15) is 9.90 Å². The van der Waals surface area contributed by atoms with Crippen LogP contribution in [-0.2, 0) is 0 Å². The molecular weight excluding hydrogens is 232 g/mol. The average molecular weight is 252 g/mol. The maximum absolute atomic E-state index is 11.3. The Labute approximate surface area is 107 Å². The molecule has 0 bridgehead atoms. The summed E-state index contributed by atoms with van der Waals surface area (Å²) in [5.74, 6) is -0.441. The molecule has 0 fully saturated rings. The van der Waals surface area contributed by atoms with Crippen molar-refractivity contribution in [3.05, 3.63) is 16.8 Å². The van der Waals surface area contributed by atoms with Crippen LogP contribution in [0.4, 0.5) is 0 Å². The highest BCUT2D eigenvalue weighted by Gasteiger charge is 2.20. The Bertz CT molecular complexity index is 444. The third-order valence-corrected chi connectivity index (χ3v) is 2.75. The lowest BCUT2D eigenvalue weighted by molar-refractivity contribution is 0.0685. The molecule has 18 heavy (non-hydrogen) atoms. The van der Waals surface area contributed by atoms with E-state index in [-0.39, 0.29) is 17.5 Å². The molecule has 0 spiro atoms. The molecule has 5 heteroatoms. The van der Waals surface area contributed by atoms with Crippen molar-refractivity contribution in [3.8, 4) is 5.88 Å². The predicted molar refractivity (Wildman–Crippen MR) is 68.0 cm³/mol. The van der Waals surface area contributed by atoms with E-state index in [1.807, 2.05) is 6.92 Å². The number of hydrogen-bond donors (Lipinski definition) is 1. The summed E-state index contributed by atoms with van der Waals surface area (Å²) in [6.07, 6.45) is 0.757. The van der Waals surface area contributed by atoms with Gasteiger partial charge in [0.05, 0.1) is 11.8 Å². The Kier molecular flexibility index (Phi) is 4.64. The molecule has 1 aromatic heterocycles. The van der Waals surface area contributed by atoms with Gasteiger partial charge in [-0.15, -0.1) is 5.10 Å². The molecule has 0 aromatic carbocycles. The third-order valence-electron chi connectivity index (χ3n) is 2.75. The molecule has 0 aliphatic carbocycles. The largest absolute Gasteiger partial charge is 0.477 e. The van der Waals surface area contributed by atoms with Gasteiger partial charge in [0.1, 0.15) is 5.56 Å². The first-order valence-corrected chi connectivity index (χ1v) is 6.06. The monoisotopic (exact) mass is 252 g/mol. The first-order valence-electron chi connectivity index (χ1n) is 6.06. The van der Waals surface area contributed by atoms with E-state index < -0.39 is 5.97 Å². The minimum absolute atomic E-state index is 0.0838. The summed E-state index contributed by atoms with van der Waals surface area (Å²) in [6.45, 7) is 9.53. The van der Waals surface area contributed by atoms with E-state index in [0.29, 0.717) is 17.2 Å². The van der Waals surface area contributed by atoms with Crippen molar-refractivity contribution in [1.29, 1.82) is 0 Å². The lowest BCUT2D eigenvalue weighted by Gasteiger charge is -2.17. The zero-order valence-electron chi connectivity index (χ0n) is 11.5. The van der Waals surface area contributed by atoms with Crippen LogP contribution in [0.15, 0.2) is 0 Å². The molecule has 1 heterocycles. The molecule has 0 aliphatic heterocycles. The maximum Gasteiger partial charge on any atom is 0.341 e. The second-order valence-electron chi connectivity index (χ2n) is 4.95. The summed E-state index contributed by atoms with van der Waals surface area (Å²) in [4.78, 5) is 11.3. The van der Waals surface area contributed by atoms with Gasteiger partial charge in [-0.3, -0.25) is 0 Å². The summed E-state index contributed by atoms with van der Waals surface area (Å²) in [5, 5.41) is 17.0. The number of rotatable bonds is 5. The van der Waals surface area contributed by atoms with Gasteiger partial charge in [0.2, 0.25) is 5.88 Å². The second-order valence-corrected chi connectivity index (χ2v) is 4.95. The van der Waals surface area contributed by atoms with Gasteiger partial charge < -0.3 is 9.84 Å². The van der Waals surface area contributed by atoms with Crippen LogP contribution >= 0.6 is 0 Å². The van der Waals surface area contributed by atoms with Crippen LogP contribution < -0.4 is 4.74 Å². The Morgan fingerprint density at radius 1 is 1.28 bits per heavy atom. The standard InChI is InChI=1S/C13H20N2O3/c1-7(2)6-8(3)18-12-11(13(16)17)9(4)10(5)14-15-12/h7-8H,6H2,1-5H3,(H,16,17). The van der Waals surface area contributed by atoms with Crippen LogP contribution in [0.5, 0.6) is 5.88 Å². The summed E-state index contributed by atoms with van der Waals surface area (Å²) >= 11 is 0. The number of aromatic carboxylic acids is 1. The van der Waals surface area contributed by atoms with Gasteiger partial charge >= 0.3 is 5.97 Å². The summed E-state index contributed by atoms with van der Waals surface area (Å²) in [6, 6.07) is 0. The van der Waals surface area contributed by atoms with Crippen molar-refractivity contribution in [2.75, 3.05) is 0 Å². The topological polar surface area (TPSA) is 72.3 Å². The summed E-state index contributed by atoms with van der Waals surface area (Å²) in [5.41, 5.74) is 1.32. The summed E-state index contributed by atoms with van der Waals surface area (Å²) < 4.78 is 5.60. The van der Waals surface area contributed by atoms with Crippen LogP contribution in [0, 0.1) is 19.8 Å². The highest BCUT2D eigenvalue weighted by molar-refractivity contribution is 5.92. The van der Waals surface area contributed by atoms with Crippen LogP contribution in [0.25, 0.3) is 0 Å². The van der Waals surface area contributed by atoms with Gasteiger partial charge in [-0.2, -0.15) is 5.10 Å². The number of aromatic nitrogens is 2. The average Bonchev–Trinajstić information content (AvgIpc) is 2.21. The molecule has 1 N–H and O–H groups in total.